The summed E-state index contributed by atoms with van der Waals surface area (Å²) < 4.78 is 2.21. The second-order valence-electron chi connectivity index (χ2n) is 4.90. The molecular formula is C14H16ClN3. The molecular weight excluding hydrogens is 246 g/mol. The third-order valence-corrected chi connectivity index (χ3v) is 3.96. The molecule has 3 rings (SSSR count). The number of fused-ring (bicyclic) bond motifs is 1. The Kier molecular flexibility index (Phi) is 2.88. The maximum absolute atomic E-state index is 6.09. The van der Waals surface area contributed by atoms with Gasteiger partial charge in [0.25, 0.3) is 0 Å². The average molecular weight is 262 g/mol. The number of rotatable bonds is 1. The predicted octanol–water partition coefficient (Wildman–Crippen LogP) is 3.04. The van der Waals surface area contributed by atoms with Crippen molar-refractivity contribution in [1.82, 2.24) is 9.55 Å². The molecule has 3 nitrogen and oxygen atoms in total. The van der Waals surface area contributed by atoms with Crippen molar-refractivity contribution < 1.29 is 0 Å². The lowest BCUT2D eigenvalue weighted by molar-refractivity contribution is 0.368. The molecule has 0 amide bonds. The van der Waals surface area contributed by atoms with Crippen LogP contribution in [0.2, 0.25) is 5.02 Å². The lowest BCUT2D eigenvalue weighted by atomic mass is 10.0. The minimum absolute atomic E-state index is 0.227. The molecule has 1 aromatic carbocycles. The van der Waals surface area contributed by atoms with Gasteiger partial charge in [0.1, 0.15) is 5.82 Å². The topological polar surface area (TPSA) is 43.8 Å². The molecule has 2 heterocycles. The highest BCUT2D eigenvalue weighted by Gasteiger charge is 2.24. The van der Waals surface area contributed by atoms with Crippen molar-refractivity contribution in [1.29, 1.82) is 0 Å². The van der Waals surface area contributed by atoms with Gasteiger partial charge in [-0.1, -0.05) is 23.7 Å². The van der Waals surface area contributed by atoms with Crippen LogP contribution in [0.1, 0.15) is 25.2 Å². The van der Waals surface area contributed by atoms with Crippen LogP contribution in [-0.4, -0.2) is 15.6 Å². The van der Waals surface area contributed by atoms with Crippen LogP contribution in [0.15, 0.2) is 30.5 Å². The summed E-state index contributed by atoms with van der Waals surface area (Å²) in [6.45, 7) is 2.15. The first-order valence-electron chi connectivity index (χ1n) is 6.24. The molecule has 2 atom stereocenters. The van der Waals surface area contributed by atoms with E-state index in [0.29, 0.717) is 6.04 Å². The summed E-state index contributed by atoms with van der Waals surface area (Å²) in [7, 11) is 0. The van der Waals surface area contributed by atoms with Gasteiger partial charge in [-0.05, 0) is 25.5 Å². The van der Waals surface area contributed by atoms with E-state index in [-0.39, 0.29) is 6.04 Å². The van der Waals surface area contributed by atoms with E-state index in [1.807, 2.05) is 24.3 Å². The Balaban J connectivity index is 2.00. The molecule has 0 aliphatic carbocycles. The van der Waals surface area contributed by atoms with Crippen LogP contribution < -0.4 is 5.73 Å². The fourth-order valence-corrected chi connectivity index (χ4v) is 2.60. The van der Waals surface area contributed by atoms with Crippen molar-refractivity contribution >= 4 is 11.6 Å². The minimum Gasteiger partial charge on any atom is -0.330 e. The maximum atomic E-state index is 6.09. The largest absolute Gasteiger partial charge is 0.330 e. The average Bonchev–Trinajstić information content (AvgIpc) is 2.80. The predicted molar refractivity (Wildman–Crippen MR) is 73.7 cm³/mol. The number of halogens is 1. The summed E-state index contributed by atoms with van der Waals surface area (Å²) in [5.74, 6) is 1.13. The van der Waals surface area contributed by atoms with Crippen molar-refractivity contribution in [2.24, 2.45) is 5.73 Å². The molecule has 0 saturated heterocycles. The zero-order valence-corrected chi connectivity index (χ0v) is 11.1. The molecule has 94 valence electrons. The normalized spacial score (nSPS) is 22.8. The Labute approximate surface area is 112 Å². The molecule has 4 heteroatoms. The highest BCUT2D eigenvalue weighted by atomic mass is 35.5. The Morgan fingerprint density at radius 3 is 2.78 bits per heavy atom. The Morgan fingerprint density at radius 1 is 1.33 bits per heavy atom. The first-order chi connectivity index (χ1) is 8.65. The van der Waals surface area contributed by atoms with Gasteiger partial charge in [0.2, 0.25) is 0 Å². The summed E-state index contributed by atoms with van der Waals surface area (Å²) in [6, 6.07) is 8.34. The number of hydrogen-bond donors (Lipinski definition) is 1. The number of nitrogens with zero attached hydrogens (tertiary/aromatic N) is 2. The molecule has 1 aliphatic heterocycles. The number of aryl methyl sites for hydroxylation is 1. The molecule has 0 bridgehead atoms. The smallest absolute Gasteiger partial charge is 0.109 e. The number of benzene rings is 1. The van der Waals surface area contributed by atoms with Crippen LogP contribution >= 0.6 is 11.6 Å². The van der Waals surface area contributed by atoms with E-state index in [4.69, 9.17) is 22.3 Å². The monoisotopic (exact) mass is 261 g/mol. The molecule has 1 aromatic heterocycles. The Bertz CT molecular complexity index is 559. The van der Waals surface area contributed by atoms with Gasteiger partial charge >= 0.3 is 0 Å². The van der Waals surface area contributed by atoms with Gasteiger partial charge < -0.3 is 10.3 Å². The van der Waals surface area contributed by atoms with Crippen LogP contribution in [0.25, 0.3) is 11.3 Å². The van der Waals surface area contributed by atoms with Gasteiger partial charge in [-0.25, -0.2) is 4.98 Å². The van der Waals surface area contributed by atoms with Gasteiger partial charge in [-0.3, -0.25) is 0 Å². The van der Waals surface area contributed by atoms with E-state index < -0.39 is 0 Å². The molecule has 0 spiro atoms. The number of hydrogen-bond acceptors (Lipinski definition) is 2. The lowest BCUT2D eigenvalue weighted by Gasteiger charge is -2.27. The second kappa shape index (κ2) is 4.41. The van der Waals surface area contributed by atoms with Crippen LogP contribution in [-0.2, 0) is 6.42 Å². The van der Waals surface area contributed by atoms with E-state index in [1.54, 1.807) is 0 Å². The van der Waals surface area contributed by atoms with Crippen LogP contribution in [0.3, 0.4) is 0 Å². The molecule has 2 unspecified atom stereocenters. The fraction of sp³-hybridized carbons (Fsp3) is 0.357. The zero-order chi connectivity index (χ0) is 12.7. The first-order valence-corrected chi connectivity index (χ1v) is 6.62. The van der Waals surface area contributed by atoms with Gasteiger partial charge in [0.15, 0.2) is 0 Å². The van der Waals surface area contributed by atoms with Crippen molar-refractivity contribution in [2.45, 2.75) is 31.8 Å². The standard InChI is InChI=1S/C14H16ClN3/c1-9-12(16)6-7-14-17-13(8-18(9)14)10-2-4-11(15)5-3-10/h2-5,8-9,12H,6-7,16H2,1H3. The molecule has 2 N–H and O–H groups in total. The van der Waals surface area contributed by atoms with E-state index in [0.717, 1.165) is 34.9 Å². The third kappa shape index (κ3) is 1.93. The highest BCUT2D eigenvalue weighted by molar-refractivity contribution is 6.30. The van der Waals surface area contributed by atoms with Crippen molar-refractivity contribution in [2.75, 3.05) is 0 Å². The van der Waals surface area contributed by atoms with E-state index in [9.17, 15) is 0 Å². The highest BCUT2D eigenvalue weighted by Crippen LogP contribution is 2.28. The number of nitrogens with two attached hydrogens (primary N) is 1. The maximum Gasteiger partial charge on any atom is 0.109 e. The van der Waals surface area contributed by atoms with Crippen LogP contribution in [0.5, 0.6) is 0 Å². The molecule has 0 radical (unpaired) electrons. The quantitative estimate of drug-likeness (QED) is 0.858. The summed E-state index contributed by atoms with van der Waals surface area (Å²) >= 11 is 5.90. The van der Waals surface area contributed by atoms with E-state index in [1.165, 1.54) is 0 Å². The molecule has 0 fully saturated rings. The first kappa shape index (κ1) is 11.8. The van der Waals surface area contributed by atoms with Gasteiger partial charge in [0, 0.05) is 35.3 Å². The summed E-state index contributed by atoms with van der Waals surface area (Å²) in [5, 5.41) is 0.748. The van der Waals surface area contributed by atoms with Gasteiger partial charge in [-0.15, -0.1) is 0 Å². The molecule has 18 heavy (non-hydrogen) atoms. The second-order valence-corrected chi connectivity index (χ2v) is 5.34. The number of aromatic nitrogens is 2. The van der Waals surface area contributed by atoms with E-state index >= 15 is 0 Å². The van der Waals surface area contributed by atoms with Crippen molar-refractivity contribution in [3.05, 3.63) is 41.3 Å². The van der Waals surface area contributed by atoms with Crippen molar-refractivity contribution in [3.63, 3.8) is 0 Å². The van der Waals surface area contributed by atoms with Crippen molar-refractivity contribution in [3.8, 4) is 11.3 Å². The third-order valence-electron chi connectivity index (χ3n) is 3.71. The minimum atomic E-state index is 0.227. The van der Waals surface area contributed by atoms with E-state index in [2.05, 4.69) is 17.7 Å². The molecule has 0 saturated carbocycles. The van der Waals surface area contributed by atoms with Crippen LogP contribution in [0.4, 0.5) is 0 Å². The molecule has 1 aliphatic rings. The lowest BCUT2D eigenvalue weighted by Crippen LogP contribution is -2.35. The van der Waals surface area contributed by atoms with Crippen LogP contribution in [0, 0.1) is 0 Å². The summed E-state index contributed by atoms with van der Waals surface area (Å²) in [6.07, 6.45) is 4.07. The fourth-order valence-electron chi connectivity index (χ4n) is 2.47. The zero-order valence-electron chi connectivity index (χ0n) is 10.3. The SMILES string of the molecule is CC1C(N)CCc2nc(-c3ccc(Cl)cc3)cn21. The summed E-state index contributed by atoms with van der Waals surface area (Å²) in [5.41, 5.74) is 8.20. The van der Waals surface area contributed by atoms with Gasteiger partial charge in [0.05, 0.1) is 5.69 Å². The summed E-state index contributed by atoms with van der Waals surface area (Å²) in [4.78, 5) is 4.70. The van der Waals surface area contributed by atoms with Gasteiger partial charge in [-0.2, -0.15) is 0 Å². The Morgan fingerprint density at radius 2 is 2.06 bits per heavy atom. The Hall–Kier alpha value is -1.32. The number of imidazole rings is 1. The molecule has 2 aromatic rings.